The lowest BCUT2D eigenvalue weighted by Crippen LogP contribution is -2.41. The van der Waals surface area contributed by atoms with Crippen molar-refractivity contribution in [3.63, 3.8) is 0 Å². The Bertz CT molecular complexity index is 228. The minimum Gasteiger partial charge on any atom is -0.391 e. The Labute approximate surface area is 91.4 Å². The van der Waals surface area contributed by atoms with Gasteiger partial charge in [-0.1, -0.05) is 0 Å². The summed E-state index contributed by atoms with van der Waals surface area (Å²) in [5.74, 6) is 1.33. The number of fused-ring (bicyclic) bond motifs is 2. The number of ether oxygens (including phenoxy) is 1. The van der Waals surface area contributed by atoms with Gasteiger partial charge in [-0.3, -0.25) is 4.90 Å². The number of aliphatic hydroxyl groups excluding tert-OH is 1. The SMILES string of the molecule is OC(CN1CC2CCC1C2)C1CCOC1. The van der Waals surface area contributed by atoms with Crippen LogP contribution in [0.15, 0.2) is 0 Å². The molecule has 2 heterocycles. The first-order valence-corrected chi connectivity index (χ1v) is 6.33. The van der Waals surface area contributed by atoms with Crippen LogP contribution in [0.3, 0.4) is 0 Å². The van der Waals surface area contributed by atoms with Crippen LogP contribution in [0.1, 0.15) is 25.7 Å². The van der Waals surface area contributed by atoms with E-state index in [1.807, 2.05) is 0 Å². The number of piperidine rings is 1. The fraction of sp³-hybridized carbons (Fsp3) is 1.00. The zero-order chi connectivity index (χ0) is 10.3. The molecule has 0 radical (unpaired) electrons. The van der Waals surface area contributed by atoms with Crippen molar-refractivity contribution in [2.24, 2.45) is 11.8 Å². The van der Waals surface area contributed by atoms with E-state index >= 15 is 0 Å². The number of hydrogen-bond acceptors (Lipinski definition) is 3. The van der Waals surface area contributed by atoms with Gasteiger partial charge in [-0.15, -0.1) is 0 Å². The highest BCUT2D eigenvalue weighted by Gasteiger charge is 2.39. The Morgan fingerprint density at radius 3 is 2.87 bits per heavy atom. The van der Waals surface area contributed by atoms with Gasteiger partial charge in [0.1, 0.15) is 0 Å². The van der Waals surface area contributed by atoms with Crippen molar-refractivity contribution in [3.8, 4) is 0 Å². The molecular formula is C12H21NO2. The average molecular weight is 211 g/mol. The predicted molar refractivity (Wildman–Crippen MR) is 57.6 cm³/mol. The summed E-state index contributed by atoms with van der Waals surface area (Å²) in [6.07, 6.45) is 5.05. The Hall–Kier alpha value is -0.120. The third-order valence-corrected chi connectivity index (χ3v) is 4.45. The van der Waals surface area contributed by atoms with E-state index in [0.29, 0.717) is 5.92 Å². The Morgan fingerprint density at radius 2 is 2.27 bits per heavy atom. The summed E-state index contributed by atoms with van der Waals surface area (Å²) in [4.78, 5) is 2.51. The number of likely N-dealkylation sites (tertiary alicyclic amines) is 1. The molecule has 3 heteroatoms. The van der Waals surface area contributed by atoms with Gasteiger partial charge in [-0.05, 0) is 31.6 Å². The van der Waals surface area contributed by atoms with Gasteiger partial charge in [0.15, 0.2) is 0 Å². The molecule has 0 aromatic carbocycles. The Morgan fingerprint density at radius 1 is 1.33 bits per heavy atom. The monoisotopic (exact) mass is 211 g/mol. The minimum atomic E-state index is -0.160. The second kappa shape index (κ2) is 4.04. The second-order valence-electron chi connectivity index (χ2n) is 5.48. The molecule has 1 saturated carbocycles. The Balaban J connectivity index is 1.52. The third-order valence-electron chi connectivity index (χ3n) is 4.45. The van der Waals surface area contributed by atoms with Crippen molar-refractivity contribution in [1.82, 2.24) is 4.90 Å². The topological polar surface area (TPSA) is 32.7 Å². The lowest BCUT2D eigenvalue weighted by molar-refractivity contribution is 0.0459. The van der Waals surface area contributed by atoms with E-state index in [1.165, 1.54) is 25.8 Å². The van der Waals surface area contributed by atoms with Crippen LogP contribution in [0.4, 0.5) is 0 Å². The first-order valence-electron chi connectivity index (χ1n) is 6.33. The molecule has 0 spiro atoms. The van der Waals surface area contributed by atoms with Crippen LogP contribution >= 0.6 is 0 Å². The van der Waals surface area contributed by atoms with Crippen molar-refractivity contribution in [3.05, 3.63) is 0 Å². The molecule has 15 heavy (non-hydrogen) atoms. The van der Waals surface area contributed by atoms with Gasteiger partial charge in [0.25, 0.3) is 0 Å². The first kappa shape index (κ1) is 10.1. The van der Waals surface area contributed by atoms with Gasteiger partial charge in [0.2, 0.25) is 0 Å². The summed E-state index contributed by atoms with van der Waals surface area (Å²) in [6, 6.07) is 0.784. The van der Waals surface area contributed by atoms with E-state index in [9.17, 15) is 5.11 Å². The van der Waals surface area contributed by atoms with Gasteiger partial charge >= 0.3 is 0 Å². The first-order chi connectivity index (χ1) is 7.33. The predicted octanol–water partition coefficient (Wildman–Crippen LogP) is 0.868. The molecule has 0 aromatic heterocycles. The zero-order valence-electron chi connectivity index (χ0n) is 9.27. The number of hydrogen-bond donors (Lipinski definition) is 1. The molecule has 4 unspecified atom stereocenters. The van der Waals surface area contributed by atoms with Crippen LogP contribution in [0, 0.1) is 11.8 Å². The molecule has 86 valence electrons. The molecule has 1 N–H and O–H groups in total. The van der Waals surface area contributed by atoms with Crippen LogP contribution in [0.2, 0.25) is 0 Å². The van der Waals surface area contributed by atoms with Gasteiger partial charge in [0, 0.05) is 31.7 Å². The molecule has 0 amide bonds. The maximum Gasteiger partial charge on any atom is 0.0718 e. The molecule has 1 aliphatic carbocycles. The van der Waals surface area contributed by atoms with Crippen LogP contribution in [-0.4, -0.2) is 48.5 Å². The van der Waals surface area contributed by atoms with Crippen molar-refractivity contribution in [1.29, 1.82) is 0 Å². The zero-order valence-corrected chi connectivity index (χ0v) is 9.27. The van der Waals surface area contributed by atoms with Gasteiger partial charge in [-0.2, -0.15) is 0 Å². The summed E-state index contributed by atoms with van der Waals surface area (Å²) >= 11 is 0. The number of aliphatic hydroxyl groups is 1. The van der Waals surface area contributed by atoms with Crippen LogP contribution in [-0.2, 0) is 4.74 Å². The molecule has 2 aliphatic heterocycles. The number of nitrogens with zero attached hydrogens (tertiary/aromatic N) is 1. The maximum atomic E-state index is 10.1. The van der Waals surface area contributed by atoms with E-state index in [-0.39, 0.29) is 6.10 Å². The van der Waals surface area contributed by atoms with Crippen molar-refractivity contribution in [2.45, 2.75) is 37.8 Å². The van der Waals surface area contributed by atoms with E-state index < -0.39 is 0 Å². The molecule has 4 atom stereocenters. The van der Waals surface area contributed by atoms with Crippen LogP contribution < -0.4 is 0 Å². The van der Waals surface area contributed by atoms with E-state index in [1.54, 1.807) is 0 Å². The van der Waals surface area contributed by atoms with E-state index in [0.717, 1.165) is 38.1 Å². The average Bonchev–Trinajstić information content (AvgIpc) is 2.95. The molecule has 0 aromatic rings. The second-order valence-corrected chi connectivity index (χ2v) is 5.48. The smallest absolute Gasteiger partial charge is 0.0718 e. The summed E-state index contributed by atoms with van der Waals surface area (Å²) in [5.41, 5.74) is 0. The molecule has 3 fully saturated rings. The molecular weight excluding hydrogens is 190 g/mol. The summed E-state index contributed by atoms with van der Waals surface area (Å²) < 4.78 is 5.33. The minimum absolute atomic E-state index is 0.160. The summed E-state index contributed by atoms with van der Waals surface area (Å²) in [5, 5.41) is 10.1. The van der Waals surface area contributed by atoms with Crippen molar-refractivity contribution >= 4 is 0 Å². The molecule has 2 bridgehead atoms. The van der Waals surface area contributed by atoms with Gasteiger partial charge < -0.3 is 9.84 Å². The molecule has 3 aliphatic rings. The standard InChI is InChI=1S/C12H21NO2/c14-12(10-3-4-15-8-10)7-13-6-9-1-2-11(13)5-9/h9-12,14H,1-8H2. The summed E-state index contributed by atoms with van der Waals surface area (Å²) in [6.45, 7) is 3.72. The molecule has 3 rings (SSSR count). The largest absolute Gasteiger partial charge is 0.391 e. The normalized spacial score (nSPS) is 42.6. The lowest BCUT2D eigenvalue weighted by atomic mass is 10.0. The highest BCUT2D eigenvalue weighted by atomic mass is 16.5. The molecule has 2 saturated heterocycles. The highest BCUT2D eigenvalue weighted by molar-refractivity contribution is 4.93. The molecule has 3 nitrogen and oxygen atoms in total. The Kier molecular flexibility index (Phi) is 2.71. The van der Waals surface area contributed by atoms with E-state index in [4.69, 9.17) is 4.74 Å². The fourth-order valence-electron chi connectivity index (χ4n) is 3.50. The number of rotatable bonds is 3. The lowest BCUT2D eigenvalue weighted by Gasteiger charge is -2.30. The number of β-amino-alcohol motifs (C(OH)–C–C–N with tert-alkyl or cyclic N) is 1. The quantitative estimate of drug-likeness (QED) is 0.752. The van der Waals surface area contributed by atoms with E-state index in [2.05, 4.69) is 4.90 Å². The van der Waals surface area contributed by atoms with Crippen molar-refractivity contribution in [2.75, 3.05) is 26.3 Å². The van der Waals surface area contributed by atoms with Gasteiger partial charge in [-0.25, -0.2) is 0 Å². The van der Waals surface area contributed by atoms with Crippen LogP contribution in [0.5, 0.6) is 0 Å². The van der Waals surface area contributed by atoms with Crippen molar-refractivity contribution < 1.29 is 9.84 Å². The fourth-order valence-corrected chi connectivity index (χ4v) is 3.50. The third kappa shape index (κ3) is 1.93. The maximum absolute atomic E-state index is 10.1. The van der Waals surface area contributed by atoms with Crippen LogP contribution in [0.25, 0.3) is 0 Å². The summed E-state index contributed by atoms with van der Waals surface area (Å²) in [7, 11) is 0. The van der Waals surface area contributed by atoms with Gasteiger partial charge in [0.05, 0.1) is 12.7 Å². The highest BCUT2D eigenvalue weighted by Crippen LogP contribution is 2.37.